The van der Waals surface area contributed by atoms with Gasteiger partial charge in [-0.25, -0.2) is 4.68 Å². The fourth-order valence-electron chi connectivity index (χ4n) is 9.62. The second-order valence-electron chi connectivity index (χ2n) is 12.7. The maximum atomic E-state index is 13.2. The summed E-state index contributed by atoms with van der Waals surface area (Å²) in [6, 6.07) is 6.77. The standard InChI is InChI=1S/C29H37N3O4/c1-5-36-25(33)28(4)14-6-13-27(3)22(28)12-16-29-18-26(2,15-11-23(27)29)24-21(29)17-30-31(24)19-7-9-20(10-8-19)32(34)35/h7-10,17,22-23H,5-6,11-16,18H2,1-4H3/t22-,23-,26-,27+,28+,29+/m0/s1. The van der Waals surface area contributed by atoms with E-state index in [1.165, 1.54) is 17.7 Å². The number of nitro groups is 1. The zero-order valence-electron chi connectivity index (χ0n) is 21.9. The topological polar surface area (TPSA) is 87.3 Å². The van der Waals surface area contributed by atoms with Crippen LogP contribution in [0.25, 0.3) is 5.69 Å². The van der Waals surface area contributed by atoms with E-state index in [2.05, 4.69) is 27.0 Å². The second-order valence-corrected chi connectivity index (χ2v) is 12.7. The van der Waals surface area contributed by atoms with Crippen LogP contribution in [0.1, 0.15) is 90.3 Å². The van der Waals surface area contributed by atoms with Crippen molar-refractivity contribution in [2.75, 3.05) is 6.61 Å². The highest BCUT2D eigenvalue weighted by Crippen LogP contribution is 2.73. The van der Waals surface area contributed by atoms with Gasteiger partial charge < -0.3 is 4.74 Å². The molecule has 1 aromatic carbocycles. The highest BCUT2D eigenvalue weighted by atomic mass is 16.6. The summed E-state index contributed by atoms with van der Waals surface area (Å²) in [5.74, 6) is 0.851. The Morgan fingerprint density at radius 1 is 1.11 bits per heavy atom. The van der Waals surface area contributed by atoms with Crippen LogP contribution in [0.5, 0.6) is 0 Å². The molecule has 7 nitrogen and oxygen atoms in total. The molecular formula is C29H37N3O4. The summed E-state index contributed by atoms with van der Waals surface area (Å²) in [6.45, 7) is 9.38. The van der Waals surface area contributed by atoms with Crippen LogP contribution >= 0.6 is 0 Å². The number of non-ortho nitro benzene ring substituents is 1. The van der Waals surface area contributed by atoms with Crippen molar-refractivity contribution in [2.24, 2.45) is 22.7 Å². The van der Waals surface area contributed by atoms with Gasteiger partial charge in [0.2, 0.25) is 0 Å². The number of aromatic nitrogens is 2. The van der Waals surface area contributed by atoms with E-state index in [-0.39, 0.29) is 32.8 Å². The minimum absolute atomic E-state index is 0.00405. The quantitative estimate of drug-likeness (QED) is 0.286. The van der Waals surface area contributed by atoms with Crippen LogP contribution in [-0.2, 0) is 20.4 Å². The van der Waals surface area contributed by atoms with E-state index in [1.54, 1.807) is 12.1 Å². The Morgan fingerprint density at radius 3 is 2.53 bits per heavy atom. The highest BCUT2D eigenvalue weighted by molar-refractivity contribution is 5.77. The molecule has 0 amide bonds. The number of nitrogens with zero attached hydrogens (tertiary/aromatic N) is 3. The van der Waals surface area contributed by atoms with Crippen LogP contribution in [-0.4, -0.2) is 27.3 Å². The Kier molecular flexibility index (Phi) is 5.04. The summed E-state index contributed by atoms with van der Waals surface area (Å²) in [4.78, 5) is 24.0. The Hall–Kier alpha value is -2.70. The number of carbonyl (C=O) groups excluding carboxylic acids is 1. The van der Waals surface area contributed by atoms with Crippen molar-refractivity contribution in [3.8, 4) is 5.69 Å². The molecule has 192 valence electrons. The lowest BCUT2D eigenvalue weighted by atomic mass is 9.40. The summed E-state index contributed by atoms with van der Waals surface area (Å²) in [5.41, 5.74) is 3.46. The third-order valence-corrected chi connectivity index (χ3v) is 10.9. The van der Waals surface area contributed by atoms with Crippen LogP contribution in [0.15, 0.2) is 30.5 Å². The number of fused-ring (bicyclic) bond motifs is 5. The average molecular weight is 492 g/mol. The molecule has 4 aliphatic rings. The number of hydrogen-bond acceptors (Lipinski definition) is 5. The predicted molar refractivity (Wildman–Crippen MR) is 136 cm³/mol. The third-order valence-electron chi connectivity index (χ3n) is 10.9. The molecule has 36 heavy (non-hydrogen) atoms. The molecular weight excluding hydrogens is 454 g/mol. The van der Waals surface area contributed by atoms with Crippen molar-refractivity contribution in [1.82, 2.24) is 9.78 Å². The van der Waals surface area contributed by atoms with Crippen LogP contribution < -0.4 is 0 Å². The Labute approximate surface area is 212 Å². The second kappa shape index (κ2) is 7.65. The van der Waals surface area contributed by atoms with Crippen LogP contribution in [0, 0.1) is 32.8 Å². The molecule has 3 saturated carbocycles. The molecule has 0 saturated heterocycles. The summed E-state index contributed by atoms with van der Waals surface area (Å²) in [5, 5.41) is 16.0. The molecule has 0 aliphatic heterocycles. The van der Waals surface area contributed by atoms with E-state index < -0.39 is 5.41 Å². The normalized spacial score (nSPS) is 38.6. The van der Waals surface area contributed by atoms with Gasteiger partial charge in [-0.2, -0.15) is 5.10 Å². The fraction of sp³-hybridized carbons (Fsp3) is 0.655. The van der Waals surface area contributed by atoms with E-state index in [9.17, 15) is 14.9 Å². The maximum Gasteiger partial charge on any atom is 0.312 e. The lowest BCUT2D eigenvalue weighted by Gasteiger charge is -2.64. The van der Waals surface area contributed by atoms with Crippen molar-refractivity contribution in [3.63, 3.8) is 0 Å². The Balaban J connectivity index is 1.42. The minimum atomic E-state index is -0.407. The first-order valence-electron chi connectivity index (χ1n) is 13.6. The SMILES string of the molecule is CCOC(=O)[C@]1(C)CCC[C@@]2(C)[C@@H]3CC[C@@]4(C)C[C@]3(CC[C@@H]21)c1cnn(-c2ccc([N+](=O)[O-])cc2)c14. The van der Waals surface area contributed by atoms with Crippen molar-refractivity contribution < 1.29 is 14.5 Å². The lowest BCUT2D eigenvalue weighted by Crippen LogP contribution is -2.60. The first kappa shape index (κ1) is 23.7. The van der Waals surface area contributed by atoms with Gasteiger partial charge in [0.1, 0.15) is 0 Å². The first-order chi connectivity index (χ1) is 17.1. The molecule has 4 aliphatic carbocycles. The summed E-state index contributed by atoms with van der Waals surface area (Å²) < 4.78 is 7.68. The Morgan fingerprint density at radius 2 is 1.83 bits per heavy atom. The molecule has 1 spiro atoms. The van der Waals surface area contributed by atoms with Gasteiger partial charge in [-0.05, 0) is 88.2 Å². The van der Waals surface area contributed by atoms with Crippen LogP contribution in [0.3, 0.4) is 0 Å². The van der Waals surface area contributed by atoms with Crippen molar-refractivity contribution in [3.05, 3.63) is 51.8 Å². The monoisotopic (exact) mass is 491 g/mol. The number of rotatable bonds is 4. The minimum Gasteiger partial charge on any atom is -0.466 e. The number of hydrogen-bond donors (Lipinski definition) is 0. The first-order valence-corrected chi connectivity index (χ1v) is 13.6. The van der Waals surface area contributed by atoms with Gasteiger partial charge in [0.15, 0.2) is 0 Å². The fourth-order valence-corrected chi connectivity index (χ4v) is 9.62. The van der Waals surface area contributed by atoms with Gasteiger partial charge in [-0.15, -0.1) is 0 Å². The number of carbonyl (C=O) groups is 1. The summed E-state index contributed by atoms with van der Waals surface area (Å²) in [7, 11) is 0. The van der Waals surface area contributed by atoms with E-state index in [4.69, 9.17) is 9.84 Å². The zero-order chi connectivity index (χ0) is 25.5. The maximum absolute atomic E-state index is 13.2. The van der Waals surface area contributed by atoms with Crippen molar-refractivity contribution >= 4 is 11.7 Å². The molecule has 1 heterocycles. The van der Waals surface area contributed by atoms with Crippen molar-refractivity contribution in [1.29, 1.82) is 0 Å². The number of nitro benzene ring substituents is 1. The molecule has 2 aromatic rings. The molecule has 0 unspecified atom stereocenters. The molecule has 3 fully saturated rings. The van der Waals surface area contributed by atoms with Crippen molar-refractivity contribution in [2.45, 2.75) is 89.9 Å². The van der Waals surface area contributed by atoms with E-state index >= 15 is 0 Å². The van der Waals surface area contributed by atoms with Gasteiger partial charge in [0.25, 0.3) is 5.69 Å². The van der Waals surface area contributed by atoms with Gasteiger partial charge in [-0.1, -0.05) is 20.3 Å². The molecule has 0 radical (unpaired) electrons. The average Bonchev–Trinajstić information content (AvgIpc) is 3.37. The van der Waals surface area contributed by atoms with Gasteiger partial charge >= 0.3 is 5.97 Å². The number of ether oxygens (including phenoxy) is 1. The van der Waals surface area contributed by atoms with Gasteiger partial charge in [0, 0.05) is 28.5 Å². The highest BCUT2D eigenvalue weighted by Gasteiger charge is 2.68. The molecule has 2 bridgehead atoms. The molecule has 6 rings (SSSR count). The zero-order valence-corrected chi connectivity index (χ0v) is 21.9. The lowest BCUT2D eigenvalue weighted by molar-refractivity contribution is -0.384. The largest absolute Gasteiger partial charge is 0.466 e. The summed E-state index contributed by atoms with van der Waals surface area (Å²) >= 11 is 0. The van der Waals surface area contributed by atoms with Crippen LogP contribution in [0.4, 0.5) is 5.69 Å². The van der Waals surface area contributed by atoms with Gasteiger partial charge in [0.05, 0.1) is 34.5 Å². The third kappa shape index (κ3) is 2.91. The van der Waals surface area contributed by atoms with Gasteiger partial charge in [-0.3, -0.25) is 14.9 Å². The molecule has 1 aromatic heterocycles. The van der Waals surface area contributed by atoms with E-state index in [0.717, 1.165) is 50.6 Å². The molecule has 0 N–H and O–H groups in total. The predicted octanol–water partition coefficient (Wildman–Crippen LogP) is 6.26. The number of benzene rings is 1. The molecule has 6 atom stereocenters. The van der Waals surface area contributed by atoms with Crippen LogP contribution in [0.2, 0.25) is 0 Å². The molecule has 7 heteroatoms. The van der Waals surface area contributed by atoms with E-state index in [0.29, 0.717) is 18.4 Å². The smallest absolute Gasteiger partial charge is 0.312 e. The Bertz CT molecular complexity index is 1240. The van der Waals surface area contributed by atoms with E-state index in [1.807, 2.05) is 23.7 Å². The summed E-state index contributed by atoms with van der Waals surface area (Å²) in [6.07, 6.45) is 10.8. The number of esters is 1.